The summed E-state index contributed by atoms with van der Waals surface area (Å²) in [6, 6.07) is 17.2. The molecular weight excluding hydrogens is 315 g/mol. The molecule has 0 unspecified atom stereocenters. The topological polar surface area (TPSA) is 7.68 Å². The largest absolute Gasteiger partial charge is 0.360 e. The molecule has 4 heteroatoms. The summed E-state index contributed by atoms with van der Waals surface area (Å²) in [5.41, 5.74) is 2.58. The van der Waals surface area contributed by atoms with Gasteiger partial charge in [-0.3, -0.25) is 0 Å². The van der Waals surface area contributed by atoms with Crippen LogP contribution in [0, 0.1) is 0 Å². The summed E-state index contributed by atoms with van der Waals surface area (Å²) >= 11 is 12.1. The normalized spacial score (nSPS) is 17.5. The van der Waals surface area contributed by atoms with Crippen LogP contribution in [0.25, 0.3) is 0 Å². The van der Waals surface area contributed by atoms with Crippen LogP contribution in [0.5, 0.6) is 0 Å². The third kappa shape index (κ3) is 3.40. The quantitative estimate of drug-likeness (QED) is 0.902. The van der Waals surface area contributed by atoms with Gasteiger partial charge < -0.3 is 9.80 Å². The number of piperazine rings is 1. The highest BCUT2D eigenvalue weighted by Gasteiger charge is 2.25. The van der Waals surface area contributed by atoms with E-state index in [-0.39, 0.29) is 0 Å². The first kappa shape index (κ1) is 15.7. The van der Waals surface area contributed by atoms with Crippen LogP contribution < -0.4 is 9.80 Å². The summed E-state index contributed by atoms with van der Waals surface area (Å²) in [4.78, 5) is 4.03. The molecule has 116 valence electrons. The van der Waals surface area contributed by atoms with Crippen molar-refractivity contribution in [1.82, 2.24) is 0 Å². The van der Waals surface area contributed by atoms with Gasteiger partial charge >= 0.3 is 0 Å². The fourth-order valence-electron chi connectivity index (χ4n) is 3.14. The minimum atomic E-state index is 0.539. The molecular formula is C18H21Cl2N2+. The molecule has 2 nitrogen and oxygen atoms in total. The zero-order valence-electron chi connectivity index (χ0n) is 12.7. The molecule has 1 atom stereocenters. The lowest BCUT2D eigenvalue weighted by Gasteiger charge is -2.36. The Labute approximate surface area is 142 Å². The number of rotatable bonds is 3. The maximum Gasteiger partial charge on any atom is 0.110 e. The van der Waals surface area contributed by atoms with Crippen LogP contribution in [0.15, 0.2) is 48.5 Å². The van der Waals surface area contributed by atoms with Crippen LogP contribution in [0.1, 0.15) is 18.5 Å². The lowest BCUT2D eigenvalue weighted by atomic mass is 10.1. The highest BCUT2D eigenvalue weighted by molar-refractivity contribution is 6.42. The van der Waals surface area contributed by atoms with E-state index in [9.17, 15) is 0 Å². The van der Waals surface area contributed by atoms with Crippen molar-refractivity contribution in [3.8, 4) is 0 Å². The van der Waals surface area contributed by atoms with Gasteiger partial charge in [-0.25, -0.2) is 0 Å². The van der Waals surface area contributed by atoms with Crippen LogP contribution >= 0.6 is 23.2 Å². The van der Waals surface area contributed by atoms with Crippen molar-refractivity contribution in [2.75, 3.05) is 31.1 Å². The minimum absolute atomic E-state index is 0.539. The molecule has 1 aliphatic rings. The Hall–Kier alpha value is -1.22. The number of hydrogen-bond acceptors (Lipinski definition) is 1. The molecule has 1 heterocycles. The van der Waals surface area contributed by atoms with Crippen LogP contribution in [-0.4, -0.2) is 26.2 Å². The molecule has 0 aliphatic carbocycles. The Balaban J connectivity index is 1.64. The van der Waals surface area contributed by atoms with Crippen molar-refractivity contribution >= 4 is 28.9 Å². The van der Waals surface area contributed by atoms with Gasteiger partial charge in [-0.1, -0.05) is 53.5 Å². The number of hydrogen-bond donors (Lipinski definition) is 1. The predicted molar refractivity (Wildman–Crippen MR) is 94.2 cm³/mol. The number of nitrogens with zero attached hydrogens (tertiary/aromatic N) is 1. The molecule has 22 heavy (non-hydrogen) atoms. The Bertz CT molecular complexity index is 622. The lowest BCUT2D eigenvalue weighted by molar-refractivity contribution is -0.930. The second-order valence-electron chi connectivity index (χ2n) is 5.88. The molecule has 2 aromatic carbocycles. The summed E-state index contributed by atoms with van der Waals surface area (Å²) in [6.07, 6.45) is 0. The molecule has 0 aromatic heterocycles. The Morgan fingerprint density at radius 1 is 0.955 bits per heavy atom. The fourth-order valence-corrected chi connectivity index (χ4v) is 3.44. The van der Waals surface area contributed by atoms with Crippen LogP contribution in [0.2, 0.25) is 10.0 Å². The zero-order chi connectivity index (χ0) is 15.5. The standard InChI is InChI=1S/C18H20Cl2N2/c1-14(15-5-3-2-4-6-15)21-9-11-22(12-10-21)16-7-8-17(19)18(20)13-16/h2-8,13-14H,9-12H2,1H3/p+1/t14-/m0/s1. The molecule has 1 N–H and O–H groups in total. The number of quaternary nitrogens is 1. The van der Waals surface area contributed by atoms with E-state index in [1.807, 2.05) is 12.1 Å². The molecule has 0 bridgehead atoms. The average molecular weight is 336 g/mol. The van der Waals surface area contributed by atoms with E-state index >= 15 is 0 Å². The summed E-state index contributed by atoms with van der Waals surface area (Å²) in [7, 11) is 0. The number of halogens is 2. The van der Waals surface area contributed by atoms with Crippen molar-refractivity contribution in [3.05, 3.63) is 64.1 Å². The van der Waals surface area contributed by atoms with E-state index in [2.05, 4.69) is 48.2 Å². The van der Waals surface area contributed by atoms with Crippen LogP contribution in [-0.2, 0) is 0 Å². The third-order valence-electron chi connectivity index (χ3n) is 4.59. The molecule has 3 rings (SSSR count). The summed E-state index contributed by atoms with van der Waals surface area (Å²) in [6.45, 7) is 6.68. The first-order valence-electron chi connectivity index (χ1n) is 7.74. The molecule has 1 aliphatic heterocycles. The van der Waals surface area contributed by atoms with Crippen LogP contribution in [0.4, 0.5) is 5.69 Å². The Kier molecular flexibility index (Phi) is 4.92. The summed E-state index contributed by atoms with van der Waals surface area (Å²) < 4.78 is 0. The zero-order valence-corrected chi connectivity index (χ0v) is 14.2. The molecule has 0 spiro atoms. The van der Waals surface area contributed by atoms with Gasteiger partial charge in [0.1, 0.15) is 6.04 Å². The van der Waals surface area contributed by atoms with E-state index in [0.717, 1.165) is 26.2 Å². The van der Waals surface area contributed by atoms with Gasteiger partial charge in [0.25, 0.3) is 0 Å². The second kappa shape index (κ2) is 6.91. The maximum absolute atomic E-state index is 6.13. The Morgan fingerprint density at radius 3 is 2.27 bits per heavy atom. The van der Waals surface area contributed by atoms with Crippen LogP contribution in [0.3, 0.4) is 0 Å². The van der Waals surface area contributed by atoms with E-state index in [1.54, 1.807) is 4.90 Å². The lowest BCUT2D eigenvalue weighted by Crippen LogP contribution is -3.14. The summed E-state index contributed by atoms with van der Waals surface area (Å²) in [5, 5.41) is 1.25. The molecule has 0 amide bonds. The van der Waals surface area contributed by atoms with Gasteiger partial charge in [0.05, 0.1) is 36.2 Å². The number of benzene rings is 2. The van der Waals surface area contributed by atoms with Gasteiger partial charge in [0, 0.05) is 11.3 Å². The number of anilines is 1. The molecule has 1 saturated heterocycles. The average Bonchev–Trinajstić information content (AvgIpc) is 2.58. The van der Waals surface area contributed by atoms with Crippen molar-refractivity contribution in [3.63, 3.8) is 0 Å². The highest BCUT2D eigenvalue weighted by atomic mass is 35.5. The predicted octanol–water partition coefficient (Wildman–Crippen LogP) is 3.46. The van der Waals surface area contributed by atoms with Gasteiger partial charge in [-0.05, 0) is 25.1 Å². The maximum atomic E-state index is 6.13. The molecule has 1 fully saturated rings. The van der Waals surface area contributed by atoms with Gasteiger partial charge in [-0.2, -0.15) is 0 Å². The second-order valence-corrected chi connectivity index (χ2v) is 6.69. The highest BCUT2D eigenvalue weighted by Crippen LogP contribution is 2.27. The van der Waals surface area contributed by atoms with Crippen molar-refractivity contribution in [1.29, 1.82) is 0 Å². The van der Waals surface area contributed by atoms with Crippen molar-refractivity contribution in [2.24, 2.45) is 0 Å². The minimum Gasteiger partial charge on any atom is -0.360 e. The molecule has 0 radical (unpaired) electrons. The molecule has 0 saturated carbocycles. The smallest absolute Gasteiger partial charge is 0.110 e. The van der Waals surface area contributed by atoms with Gasteiger partial charge in [0.15, 0.2) is 0 Å². The fraction of sp³-hybridized carbons (Fsp3) is 0.333. The number of nitrogens with one attached hydrogen (secondary N) is 1. The van der Waals surface area contributed by atoms with Gasteiger partial charge in [-0.15, -0.1) is 0 Å². The molecule has 2 aromatic rings. The van der Waals surface area contributed by atoms with Crippen molar-refractivity contribution in [2.45, 2.75) is 13.0 Å². The van der Waals surface area contributed by atoms with Crippen molar-refractivity contribution < 1.29 is 4.90 Å². The van der Waals surface area contributed by atoms with Gasteiger partial charge in [0.2, 0.25) is 0 Å². The monoisotopic (exact) mass is 335 g/mol. The Morgan fingerprint density at radius 2 is 1.64 bits per heavy atom. The SMILES string of the molecule is C[C@@H](c1ccccc1)[NH+]1CCN(c2ccc(Cl)c(Cl)c2)CC1. The van der Waals surface area contributed by atoms with E-state index in [0.29, 0.717) is 16.1 Å². The third-order valence-corrected chi connectivity index (χ3v) is 5.32. The first-order valence-corrected chi connectivity index (χ1v) is 8.50. The first-order chi connectivity index (χ1) is 10.6. The van der Waals surface area contributed by atoms with E-state index in [1.165, 1.54) is 11.3 Å². The van der Waals surface area contributed by atoms with E-state index < -0.39 is 0 Å². The van der Waals surface area contributed by atoms with E-state index in [4.69, 9.17) is 23.2 Å². The summed E-state index contributed by atoms with van der Waals surface area (Å²) in [5.74, 6) is 0.